The van der Waals surface area contributed by atoms with Crippen molar-refractivity contribution in [2.45, 2.75) is 45.7 Å². The number of hydrogen-bond acceptors (Lipinski definition) is 3. The lowest BCUT2D eigenvalue weighted by atomic mass is 10.1. The zero-order valence-electron chi connectivity index (χ0n) is 21.2. The molecule has 0 aliphatic rings. The molecule has 0 saturated heterocycles. The summed E-state index contributed by atoms with van der Waals surface area (Å²) in [5.74, 6) is 0.659. The molecule has 0 saturated carbocycles. The Balaban J connectivity index is 1.83. The van der Waals surface area contributed by atoms with E-state index in [2.05, 4.69) is 5.32 Å². The molecule has 0 aliphatic heterocycles. The van der Waals surface area contributed by atoms with E-state index in [4.69, 9.17) is 4.42 Å². The fourth-order valence-corrected chi connectivity index (χ4v) is 3.81. The van der Waals surface area contributed by atoms with Gasteiger partial charge in [-0.2, -0.15) is 26.3 Å². The van der Waals surface area contributed by atoms with E-state index in [-0.39, 0.29) is 25.7 Å². The van der Waals surface area contributed by atoms with E-state index in [9.17, 15) is 35.9 Å². The number of benzene rings is 2. The van der Waals surface area contributed by atoms with E-state index in [1.807, 2.05) is 18.2 Å². The largest absolute Gasteiger partial charge is 0.464 e. The number of hydrogen-bond donors (Lipinski definition) is 1. The molecule has 3 amide bonds. The van der Waals surface area contributed by atoms with Crippen LogP contribution in [-0.2, 0) is 30.2 Å². The molecular weight excluding hydrogens is 528 g/mol. The van der Waals surface area contributed by atoms with Gasteiger partial charge in [-0.05, 0) is 49.2 Å². The Hall–Kier alpha value is -3.96. The number of amides is 3. The number of carbonyl (C=O) groups is 2. The number of furan rings is 1. The van der Waals surface area contributed by atoms with Crippen LogP contribution in [0.4, 0.5) is 36.8 Å². The molecule has 0 atom stereocenters. The average molecular weight is 556 g/mol. The quantitative estimate of drug-likeness (QED) is 0.287. The van der Waals surface area contributed by atoms with Gasteiger partial charge in [-0.25, -0.2) is 4.79 Å². The highest BCUT2D eigenvalue weighted by Gasteiger charge is 2.37. The zero-order valence-corrected chi connectivity index (χ0v) is 21.2. The maximum absolute atomic E-state index is 13.3. The Bertz CT molecular complexity index is 1240. The summed E-state index contributed by atoms with van der Waals surface area (Å²) in [5, 5.41) is 2.10. The van der Waals surface area contributed by atoms with Gasteiger partial charge >= 0.3 is 18.4 Å². The topological polar surface area (TPSA) is 65.8 Å². The highest BCUT2D eigenvalue weighted by atomic mass is 19.4. The fourth-order valence-electron chi connectivity index (χ4n) is 3.81. The van der Waals surface area contributed by atoms with Crippen molar-refractivity contribution in [2.75, 3.05) is 18.4 Å². The van der Waals surface area contributed by atoms with Crippen LogP contribution < -0.4 is 5.32 Å². The number of nitrogens with one attached hydrogen (secondary N) is 1. The van der Waals surface area contributed by atoms with Crippen LogP contribution in [0.25, 0.3) is 0 Å². The molecule has 0 radical (unpaired) electrons. The molecule has 1 aromatic heterocycles. The lowest BCUT2D eigenvalue weighted by molar-refractivity contribution is -0.143. The van der Waals surface area contributed by atoms with Gasteiger partial charge in [0.2, 0.25) is 5.91 Å². The number of aryl methyl sites for hydroxylation is 1. The summed E-state index contributed by atoms with van der Waals surface area (Å²) in [6.07, 6.45) is -9.75. The van der Waals surface area contributed by atoms with E-state index in [0.29, 0.717) is 30.1 Å². The van der Waals surface area contributed by atoms with Crippen molar-refractivity contribution in [3.8, 4) is 0 Å². The first-order chi connectivity index (χ1) is 18.3. The fraction of sp³-hybridized carbons (Fsp3) is 0.333. The normalized spacial score (nSPS) is 11.8. The predicted octanol–water partition coefficient (Wildman–Crippen LogP) is 7.10. The van der Waals surface area contributed by atoms with Crippen LogP contribution in [0, 0.1) is 6.92 Å². The zero-order chi connectivity index (χ0) is 28.8. The molecule has 210 valence electrons. The lowest BCUT2D eigenvalue weighted by Crippen LogP contribution is -2.44. The molecule has 0 fully saturated rings. The van der Waals surface area contributed by atoms with Crippen molar-refractivity contribution in [3.63, 3.8) is 0 Å². The highest BCUT2D eigenvalue weighted by molar-refractivity contribution is 5.92. The Morgan fingerprint density at radius 2 is 1.46 bits per heavy atom. The molecule has 0 bridgehead atoms. The van der Waals surface area contributed by atoms with Crippen molar-refractivity contribution in [3.05, 3.63) is 88.9 Å². The number of nitrogens with zero attached hydrogens (tertiary/aromatic N) is 2. The molecule has 6 nitrogen and oxygen atoms in total. The first-order valence-electron chi connectivity index (χ1n) is 12.0. The second kappa shape index (κ2) is 12.3. The minimum atomic E-state index is -5.07. The molecular formula is C27H27F6N3O3. The van der Waals surface area contributed by atoms with Crippen molar-refractivity contribution < 1.29 is 40.3 Å². The number of anilines is 1. The van der Waals surface area contributed by atoms with E-state index in [0.717, 1.165) is 10.5 Å². The Kier molecular flexibility index (Phi) is 9.31. The van der Waals surface area contributed by atoms with Crippen LogP contribution in [0.15, 0.2) is 65.1 Å². The molecule has 1 heterocycles. The van der Waals surface area contributed by atoms with Crippen molar-refractivity contribution in [1.29, 1.82) is 0 Å². The summed E-state index contributed by atoms with van der Waals surface area (Å²) < 4.78 is 84.9. The van der Waals surface area contributed by atoms with Gasteiger partial charge in [0.15, 0.2) is 0 Å². The van der Waals surface area contributed by atoms with Gasteiger partial charge in [-0.15, -0.1) is 0 Å². The Morgan fingerprint density at radius 1 is 0.846 bits per heavy atom. The van der Waals surface area contributed by atoms with E-state index < -0.39 is 47.6 Å². The van der Waals surface area contributed by atoms with Gasteiger partial charge in [0, 0.05) is 18.8 Å². The highest BCUT2D eigenvalue weighted by Crippen LogP contribution is 2.37. The first-order valence-corrected chi connectivity index (χ1v) is 12.0. The molecule has 3 aromatic rings. The van der Waals surface area contributed by atoms with Crippen LogP contribution in [0.1, 0.15) is 41.6 Å². The van der Waals surface area contributed by atoms with E-state index in [1.165, 1.54) is 4.90 Å². The van der Waals surface area contributed by atoms with Crippen LogP contribution in [-0.4, -0.2) is 34.8 Å². The standard InChI is InChI=1S/C27H27F6N3O3/c1-3-11-35(25(38)34-22-13-20(26(28,29)30)12-21(14-22)27(31,32)33)17-24(37)36(15-19-7-5-4-6-8-19)16-23-10-9-18(2)39-23/h4-10,12-14H,3,11,15-17H2,1-2H3,(H,34,38). The van der Waals surface area contributed by atoms with Gasteiger partial charge in [-0.1, -0.05) is 37.3 Å². The predicted molar refractivity (Wildman–Crippen MR) is 131 cm³/mol. The van der Waals surface area contributed by atoms with Gasteiger partial charge in [0.05, 0.1) is 17.7 Å². The molecule has 39 heavy (non-hydrogen) atoms. The molecule has 2 aromatic carbocycles. The molecule has 0 aliphatic carbocycles. The summed E-state index contributed by atoms with van der Waals surface area (Å²) in [7, 11) is 0. The van der Waals surface area contributed by atoms with Crippen molar-refractivity contribution >= 4 is 17.6 Å². The Morgan fingerprint density at radius 3 is 1.97 bits per heavy atom. The third-order valence-electron chi connectivity index (χ3n) is 5.66. The maximum atomic E-state index is 13.3. The summed E-state index contributed by atoms with van der Waals surface area (Å²) in [4.78, 5) is 28.8. The summed E-state index contributed by atoms with van der Waals surface area (Å²) in [6.45, 7) is 3.30. The number of carbonyl (C=O) groups excluding carboxylic acids is 2. The van der Waals surface area contributed by atoms with Crippen LogP contribution in [0.5, 0.6) is 0 Å². The maximum Gasteiger partial charge on any atom is 0.416 e. The van der Waals surface area contributed by atoms with Gasteiger partial charge in [0.25, 0.3) is 0 Å². The summed E-state index contributed by atoms with van der Waals surface area (Å²) in [6, 6.07) is 12.3. The van der Waals surface area contributed by atoms with Crippen molar-refractivity contribution in [1.82, 2.24) is 9.80 Å². The third kappa shape index (κ3) is 8.52. The minimum Gasteiger partial charge on any atom is -0.464 e. The van der Waals surface area contributed by atoms with Crippen LogP contribution >= 0.6 is 0 Å². The Labute approximate surface area is 221 Å². The SMILES string of the molecule is CCCN(CC(=O)N(Cc1ccccc1)Cc1ccc(C)o1)C(=O)Nc1cc(C(F)(F)F)cc(C(F)(F)F)c1. The number of rotatable bonds is 9. The van der Waals surface area contributed by atoms with E-state index in [1.54, 1.807) is 38.1 Å². The van der Waals surface area contributed by atoms with Crippen LogP contribution in [0.3, 0.4) is 0 Å². The van der Waals surface area contributed by atoms with Gasteiger partial charge in [-0.3, -0.25) is 4.79 Å². The molecule has 1 N–H and O–H groups in total. The lowest BCUT2D eigenvalue weighted by Gasteiger charge is -2.27. The van der Waals surface area contributed by atoms with Gasteiger partial charge in [0.1, 0.15) is 18.1 Å². The minimum absolute atomic E-state index is 0.0270. The van der Waals surface area contributed by atoms with Crippen molar-refractivity contribution in [2.24, 2.45) is 0 Å². The molecule has 0 unspecified atom stereocenters. The second-order valence-corrected chi connectivity index (χ2v) is 8.89. The van der Waals surface area contributed by atoms with E-state index >= 15 is 0 Å². The second-order valence-electron chi connectivity index (χ2n) is 8.89. The molecule has 12 heteroatoms. The summed E-state index contributed by atoms with van der Waals surface area (Å²) >= 11 is 0. The summed E-state index contributed by atoms with van der Waals surface area (Å²) in [5.41, 5.74) is -3.01. The first kappa shape index (κ1) is 29.6. The number of halogens is 6. The number of urea groups is 1. The molecule has 0 spiro atoms. The average Bonchev–Trinajstić information content (AvgIpc) is 3.27. The third-order valence-corrected chi connectivity index (χ3v) is 5.66. The number of alkyl halides is 6. The van der Waals surface area contributed by atoms with Crippen LogP contribution in [0.2, 0.25) is 0 Å². The smallest absolute Gasteiger partial charge is 0.416 e. The van der Waals surface area contributed by atoms with Gasteiger partial charge < -0.3 is 19.5 Å². The molecule has 3 rings (SSSR count). The monoisotopic (exact) mass is 555 g/mol.